The monoisotopic (exact) mass is 1450 g/mol. The number of amides is 4. The lowest BCUT2D eigenvalue weighted by Gasteiger charge is -2.32. The van der Waals surface area contributed by atoms with Crippen molar-refractivity contribution >= 4 is 58.9 Å². The first-order chi connectivity index (χ1) is 48.2. The molecule has 0 aliphatic carbocycles. The molecule has 0 fully saturated rings. The van der Waals surface area contributed by atoms with Crippen LogP contribution in [0.15, 0.2) is 0 Å². The van der Waals surface area contributed by atoms with Gasteiger partial charge in [0.05, 0.1) is 51.0 Å². The maximum absolute atomic E-state index is 12.9. The van der Waals surface area contributed by atoms with Gasteiger partial charge in [-0.05, 0) is 106 Å². The van der Waals surface area contributed by atoms with Gasteiger partial charge >= 0.3 is 12.1 Å². The molecule has 102 heavy (non-hydrogen) atoms. The molecular weight excluding hydrogens is 1300 g/mol. The summed E-state index contributed by atoms with van der Waals surface area (Å²) in [6, 6.07) is -0.399. The first-order valence-electron chi connectivity index (χ1n) is 39.5. The van der Waals surface area contributed by atoms with E-state index in [-0.39, 0.29) is 147 Å². The molecule has 22 nitrogen and oxygen atoms in total. The van der Waals surface area contributed by atoms with Crippen LogP contribution in [0.3, 0.4) is 0 Å². The van der Waals surface area contributed by atoms with E-state index in [0.29, 0.717) is 71.4 Å². The van der Waals surface area contributed by atoms with Gasteiger partial charge in [-0.15, -0.1) is 0 Å². The SMILES string of the molecule is CCCCCCCCCCCC(=O)NCCC(=O)NCCCC[C@H](NC(C)(C)C)C(=O)C(C)(C)C.CCCCCCCCCCCCCCCCC(=O)C[C@@H](CCC(=O)NCCOCCOCC(=O)CCCOCCOCC(=O)NCCCC[C@H](NC(C)(C)C)C(=O)C(C)(C)C)C(=O)O.O=C=O. The Morgan fingerprint density at radius 3 is 1.13 bits per heavy atom. The molecule has 0 rings (SSSR count). The van der Waals surface area contributed by atoms with Crippen molar-refractivity contribution in [2.24, 2.45) is 16.7 Å². The van der Waals surface area contributed by atoms with Gasteiger partial charge in [-0.3, -0.25) is 43.2 Å². The number of unbranched alkanes of at least 4 members (excludes halogenated alkanes) is 23. The third-order valence-electron chi connectivity index (χ3n) is 16.9. The van der Waals surface area contributed by atoms with Gasteiger partial charge in [0.25, 0.3) is 0 Å². The van der Waals surface area contributed by atoms with E-state index in [1.54, 1.807) is 0 Å². The lowest BCUT2D eigenvalue weighted by atomic mass is 9.84. The van der Waals surface area contributed by atoms with Gasteiger partial charge in [-0.1, -0.05) is 190 Å². The van der Waals surface area contributed by atoms with Crippen molar-refractivity contribution in [1.29, 1.82) is 0 Å². The van der Waals surface area contributed by atoms with E-state index >= 15 is 0 Å². The van der Waals surface area contributed by atoms with Crippen LogP contribution in [0.4, 0.5) is 0 Å². The quantitative estimate of drug-likeness (QED) is 0.0278. The van der Waals surface area contributed by atoms with Gasteiger partial charge in [0.2, 0.25) is 23.6 Å². The Morgan fingerprint density at radius 1 is 0.343 bits per heavy atom. The molecule has 7 N–H and O–H groups in total. The van der Waals surface area contributed by atoms with E-state index in [2.05, 4.69) is 87.3 Å². The summed E-state index contributed by atoms with van der Waals surface area (Å²) in [5, 5.41) is 27.8. The fourth-order valence-corrected chi connectivity index (χ4v) is 11.3. The smallest absolute Gasteiger partial charge is 0.373 e. The summed E-state index contributed by atoms with van der Waals surface area (Å²) in [6.45, 7) is 31.9. The Labute approximate surface area is 618 Å². The van der Waals surface area contributed by atoms with Crippen LogP contribution in [0.25, 0.3) is 0 Å². The highest BCUT2D eigenvalue weighted by Crippen LogP contribution is 2.24. The zero-order valence-electron chi connectivity index (χ0n) is 67.0. The molecule has 0 aliphatic rings. The Kier molecular flexibility index (Phi) is 65.2. The minimum Gasteiger partial charge on any atom is -0.481 e. The summed E-state index contributed by atoms with van der Waals surface area (Å²) in [4.78, 5) is 127. The Balaban J connectivity index is -0.00000216. The number of carboxylic acid groups (broad SMARTS) is 1. The van der Waals surface area contributed by atoms with Crippen LogP contribution in [0.2, 0.25) is 0 Å². The van der Waals surface area contributed by atoms with Crippen molar-refractivity contribution in [3.63, 3.8) is 0 Å². The summed E-state index contributed by atoms with van der Waals surface area (Å²) in [7, 11) is 0. The number of ketones is 4. The molecule has 0 bridgehead atoms. The zero-order chi connectivity index (χ0) is 77.4. The van der Waals surface area contributed by atoms with E-state index in [1.807, 2.05) is 41.5 Å². The number of nitrogens with one attached hydrogen (secondary N) is 6. The number of ether oxygens (including phenoxy) is 4. The van der Waals surface area contributed by atoms with Crippen molar-refractivity contribution in [2.75, 3.05) is 79.0 Å². The largest absolute Gasteiger partial charge is 0.481 e. The van der Waals surface area contributed by atoms with Crippen LogP contribution in [0.5, 0.6) is 0 Å². The second kappa shape index (κ2) is 65.7. The topological polar surface area (TPSA) is 317 Å². The fraction of sp³-hybridized carbons (Fsp3) is 0.875. The maximum Gasteiger partial charge on any atom is 0.373 e. The molecule has 0 aliphatic heterocycles. The Morgan fingerprint density at radius 2 is 0.696 bits per heavy atom. The van der Waals surface area contributed by atoms with Gasteiger partial charge in [-0.2, -0.15) is 9.59 Å². The van der Waals surface area contributed by atoms with Gasteiger partial charge in [-0.25, -0.2) is 0 Å². The molecule has 0 saturated carbocycles. The molecule has 0 heterocycles. The number of hydrogen-bond donors (Lipinski definition) is 7. The highest BCUT2D eigenvalue weighted by molar-refractivity contribution is 5.89. The maximum atomic E-state index is 12.9. The predicted molar refractivity (Wildman–Crippen MR) is 406 cm³/mol. The van der Waals surface area contributed by atoms with Crippen LogP contribution >= 0.6 is 0 Å². The highest BCUT2D eigenvalue weighted by atomic mass is 16.5. The van der Waals surface area contributed by atoms with E-state index in [4.69, 9.17) is 28.5 Å². The number of aliphatic carboxylic acids is 1. The highest BCUT2D eigenvalue weighted by Gasteiger charge is 2.33. The van der Waals surface area contributed by atoms with E-state index < -0.39 is 17.3 Å². The van der Waals surface area contributed by atoms with Crippen molar-refractivity contribution in [1.82, 2.24) is 31.9 Å². The van der Waals surface area contributed by atoms with Crippen molar-refractivity contribution < 1.29 is 76.8 Å². The van der Waals surface area contributed by atoms with E-state index in [9.17, 15) is 48.3 Å². The number of carbonyl (C=O) groups excluding carboxylic acids is 10. The summed E-state index contributed by atoms with van der Waals surface area (Å²) in [5.74, 6) is -2.08. The zero-order valence-corrected chi connectivity index (χ0v) is 67.0. The molecule has 0 aromatic heterocycles. The lowest BCUT2D eigenvalue weighted by molar-refractivity contribution is -0.192. The Bertz CT molecular complexity index is 2210. The van der Waals surface area contributed by atoms with Gasteiger partial charge in [0.1, 0.15) is 19.0 Å². The van der Waals surface area contributed by atoms with E-state index in [1.165, 1.54) is 116 Å². The average molecular weight is 1450 g/mol. The normalized spacial score (nSPS) is 12.5. The third kappa shape index (κ3) is 70.8. The molecule has 596 valence electrons. The minimum absolute atomic E-state index is 0.0223. The third-order valence-corrected chi connectivity index (χ3v) is 16.9. The molecule has 0 aromatic rings. The molecule has 0 spiro atoms. The number of carboxylic acids is 1. The number of carbonyl (C=O) groups is 9. The van der Waals surface area contributed by atoms with Gasteiger partial charge in [0.15, 0.2) is 17.3 Å². The van der Waals surface area contributed by atoms with Crippen LogP contribution in [-0.2, 0) is 71.7 Å². The molecule has 22 heteroatoms. The van der Waals surface area contributed by atoms with Gasteiger partial charge < -0.3 is 56.0 Å². The first kappa shape index (κ1) is 101. The summed E-state index contributed by atoms with van der Waals surface area (Å²) in [6.07, 6.45) is 35.6. The minimum atomic E-state index is -1.05. The molecule has 0 radical (unpaired) electrons. The molecule has 0 saturated heterocycles. The molecule has 0 unspecified atom stereocenters. The van der Waals surface area contributed by atoms with Crippen LogP contribution in [0, 0.1) is 16.7 Å². The first-order valence-corrected chi connectivity index (χ1v) is 39.5. The fourth-order valence-electron chi connectivity index (χ4n) is 11.3. The molecular formula is C80H150N6O16. The van der Waals surface area contributed by atoms with E-state index in [0.717, 1.165) is 64.2 Å². The van der Waals surface area contributed by atoms with Crippen molar-refractivity contribution in [2.45, 2.75) is 358 Å². The number of rotatable bonds is 65. The van der Waals surface area contributed by atoms with Crippen molar-refractivity contribution in [3.8, 4) is 0 Å². The van der Waals surface area contributed by atoms with Crippen LogP contribution < -0.4 is 31.9 Å². The predicted octanol–water partition coefficient (Wildman–Crippen LogP) is 14.0. The summed E-state index contributed by atoms with van der Waals surface area (Å²) >= 11 is 0. The number of hydrogen-bond acceptors (Lipinski definition) is 17. The summed E-state index contributed by atoms with van der Waals surface area (Å²) < 4.78 is 21.7. The second-order valence-corrected chi connectivity index (χ2v) is 31.6. The molecule has 3 atom stereocenters. The Hall–Kier alpha value is -4.83. The molecule has 0 aromatic carbocycles. The number of Topliss-reactive ketones (excluding diaryl/α,β-unsaturated/α-hetero) is 4. The summed E-state index contributed by atoms with van der Waals surface area (Å²) in [5.41, 5.74) is -1.10. The molecule has 4 amide bonds. The lowest BCUT2D eigenvalue weighted by Crippen LogP contribution is -2.50. The average Bonchev–Trinajstić information content (AvgIpc) is 0.861. The van der Waals surface area contributed by atoms with Crippen molar-refractivity contribution in [3.05, 3.63) is 0 Å². The van der Waals surface area contributed by atoms with Crippen LogP contribution in [0.1, 0.15) is 335 Å². The standard InChI is InChI=1S/C50H93N3O11.C29H57N3O3.CO2/c1-8-9-10-11-12-13-14-15-16-17-18-19-20-21-25-42(54)38-41(48(59)60)28-29-45(56)52-31-33-62-35-36-63-39-43(55)26-24-32-61-34-37-64-40-46(57)51-30-23-22-27-44(53-50(5,6)7)47(58)49(2,3)4;1-8-9-10-11-12-13-14-15-16-20-25(33)31-23-21-26(34)30-22-18-17-19-24(32-29(5,6)7)27(35)28(2,3)4;2-1-3/h41,44,53H,8-40H2,1-7H3,(H,51,57)(H,52,56)(H,59,60);24,32H,8-23H2,1-7H3,(H,30,34)(H,31,33);/t41-,44+;24-;/m10./s1. The second-order valence-electron chi connectivity index (χ2n) is 31.6. The van der Waals surface area contributed by atoms with Gasteiger partial charge in [0, 0.05) is 93.2 Å². The van der Waals surface area contributed by atoms with Crippen LogP contribution in [-0.4, -0.2) is 166 Å².